The molecule has 0 radical (unpaired) electrons. The third-order valence-corrected chi connectivity index (χ3v) is 3.07. The molecule has 0 saturated carbocycles. The van der Waals surface area contributed by atoms with Crippen molar-refractivity contribution in [1.29, 1.82) is 5.26 Å². The Labute approximate surface area is 115 Å². The van der Waals surface area contributed by atoms with E-state index in [9.17, 15) is 0 Å². The van der Waals surface area contributed by atoms with Gasteiger partial charge < -0.3 is 10.1 Å². The maximum Gasteiger partial charge on any atom is 0.113 e. The first-order valence-electron chi connectivity index (χ1n) is 6.22. The van der Waals surface area contributed by atoms with Crippen LogP contribution in [0.2, 0.25) is 0 Å². The van der Waals surface area contributed by atoms with Crippen LogP contribution in [0, 0.1) is 11.3 Å². The van der Waals surface area contributed by atoms with Crippen LogP contribution in [0.1, 0.15) is 22.6 Å². The summed E-state index contributed by atoms with van der Waals surface area (Å²) >= 11 is 0. The van der Waals surface area contributed by atoms with Crippen molar-refractivity contribution in [3.63, 3.8) is 0 Å². The number of hydrogen-bond acceptors (Lipinski definition) is 4. The Hall–Kier alpha value is -2.71. The summed E-state index contributed by atoms with van der Waals surface area (Å²) in [7, 11) is 0. The van der Waals surface area contributed by atoms with Gasteiger partial charge in [0.15, 0.2) is 0 Å². The van der Waals surface area contributed by atoms with E-state index in [1.807, 2.05) is 12.1 Å². The van der Waals surface area contributed by atoms with Crippen LogP contribution in [0.3, 0.4) is 0 Å². The van der Waals surface area contributed by atoms with Crippen LogP contribution in [0.4, 0.5) is 0 Å². The predicted molar refractivity (Wildman–Crippen MR) is 73.8 cm³/mol. The second kappa shape index (κ2) is 5.11. The van der Waals surface area contributed by atoms with Gasteiger partial charge in [-0.25, -0.2) is 4.98 Å². The summed E-state index contributed by atoms with van der Waals surface area (Å²) in [6.45, 7) is 0.00117. The molecule has 0 saturated heterocycles. The standard InChI is InChI=1S/C15H12N4O/c16-8-10-1-2-13-14(6-10)19-15(18-13)7-12-5-11(9-20)3-4-17-12/h1-6,20H,7,9H2,(H,18,19). The van der Waals surface area contributed by atoms with Crippen LogP contribution in [0.5, 0.6) is 0 Å². The summed E-state index contributed by atoms with van der Waals surface area (Å²) in [5.41, 5.74) is 3.96. The van der Waals surface area contributed by atoms with E-state index in [2.05, 4.69) is 21.0 Å². The molecular weight excluding hydrogens is 252 g/mol. The van der Waals surface area contributed by atoms with Gasteiger partial charge in [0.1, 0.15) is 5.82 Å². The molecule has 0 amide bonds. The number of imidazole rings is 1. The fraction of sp³-hybridized carbons (Fsp3) is 0.133. The quantitative estimate of drug-likeness (QED) is 0.756. The average Bonchev–Trinajstić information content (AvgIpc) is 2.88. The molecule has 3 aromatic rings. The van der Waals surface area contributed by atoms with Crippen molar-refractivity contribution in [3.8, 4) is 6.07 Å². The lowest BCUT2D eigenvalue weighted by atomic mass is 10.2. The summed E-state index contributed by atoms with van der Waals surface area (Å²) in [5, 5.41) is 18.0. The Kier molecular flexibility index (Phi) is 3.15. The molecule has 0 aliphatic carbocycles. The van der Waals surface area contributed by atoms with Gasteiger partial charge in [-0.1, -0.05) is 0 Å². The molecule has 20 heavy (non-hydrogen) atoms. The molecule has 0 aliphatic heterocycles. The van der Waals surface area contributed by atoms with Crippen molar-refractivity contribution in [2.75, 3.05) is 0 Å². The molecule has 2 N–H and O–H groups in total. The first kappa shape index (κ1) is 12.3. The normalized spacial score (nSPS) is 10.6. The molecular formula is C15H12N4O. The Morgan fingerprint density at radius 3 is 2.95 bits per heavy atom. The number of pyridine rings is 1. The number of aromatic amines is 1. The second-order valence-corrected chi connectivity index (χ2v) is 4.52. The van der Waals surface area contributed by atoms with Crippen LogP contribution >= 0.6 is 0 Å². The zero-order valence-electron chi connectivity index (χ0n) is 10.7. The van der Waals surface area contributed by atoms with E-state index in [4.69, 9.17) is 10.4 Å². The van der Waals surface area contributed by atoms with Gasteiger partial charge in [0.25, 0.3) is 0 Å². The molecule has 2 aromatic heterocycles. The molecule has 3 rings (SSSR count). The van der Waals surface area contributed by atoms with Crippen molar-refractivity contribution in [2.24, 2.45) is 0 Å². The summed E-state index contributed by atoms with van der Waals surface area (Å²) in [4.78, 5) is 11.9. The number of rotatable bonds is 3. The predicted octanol–water partition coefficient (Wildman–Crippen LogP) is 1.91. The van der Waals surface area contributed by atoms with Gasteiger partial charge in [-0.15, -0.1) is 0 Å². The third kappa shape index (κ3) is 2.37. The maximum atomic E-state index is 9.12. The maximum absolute atomic E-state index is 9.12. The zero-order valence-corrected chi connectivity index (χ0v) is 10.7. The van der Waals surface area contributed by atoms with Gasteiger partial charge in [-0.05, 0) is 35.9 Å². The Morgan fingerprint density at radius 2 is 2.15 bits per heavy atom. The van der Waals surface area contributed by atoms with Gasteiger partial charge in [0.05, 0.1) is 29.3 Å². The number of benzene rings is 1. The lowest BCUT2D eigenvalue weighted by Crippen LogP contribution is -1.95. The van der Waals surface area contributed by atoms with Crippen LogP contribution < -0.4 is 0 Å². The van der Waals surface area contributed by atoms with E-state index >= 15 is 0 Å². The van der Waals surface area contributed by atoms with Crippen LogP contribution in [0.15, 0.2) is 36.5 Å². The van der Waals surface area contributed by atoms with E-state index in [-0.39, 0.29) is 6.61 Å². The lowest BCUT2D eigenvalue weighted by Gasteiger charge is -2.00. The number of nitrogens with one attached hydrogen (secondary N) is 1. The summed E-state index contributed by atoms with van der Waals surface area (Å²) in [6.07, 6.45) is 2.24. The van der Waals surface area contributed by atoms with Crippen molar-refractivity contribution < 1.29 is 5.11 Å². The SMILES string of the molecule is N#Cc1ccc2nc(Cc3cc(CO)ccn3)[nH]c2c1. The van der Waals surface area contributed by atoms with Crippen LogP contribution in [-0.2, 0) is 13.0 Å². The largest absolute Gasteiger partial charge is 0.392 e. The van der Waals surface area contributed by atoms with Gasteiger partial charge in [0, 0.05) is 18.3 Å². The number of nitrogens with zero attached hydrogens (tertiary/aromatic N) is 3. The molecule has 5 heteroatoms. The number of aliphatic hydroxyl groups is 1. The molecule has 0 fully saturated rings. The minimum absolute atomic E-state index is 0.00117. The molecule has 98 valence electrons. The molecule has 0 aliphatic rings. The van der Waals surface area contributed by atoms with Crippen molar-refractivity contribution in [2.45, 2.75) is 13.0 Å². The molecule has 1 aromatic carbocycles. The van der Waals surface area contributed by atoms with Crippen molar-refractivity contribution >= 4 is 11.0 Å². The highest BCUT2D eigenvalue weighted by Gasteiger charge is 2.06. The molecule has 2 heterocycles. The summed E-state index contributed by atoms with van der Waals surface area (Å²) in [5.74, 6) is 0.790. The topological polar surface area (TPSA) is 85.6 Å². The van der Waals surface area contributed by atoms with Crippen LogP contribution in [0.25, 0.3) is 11.0 Å². The summed E-state index contributed by atoms with van der Waals surface area (Å²) < 4.78 is 0. The highest BCUT2D eigenvalue weighted by atomic mass is 16.3. The minimum Gasteiger partial charge on any atom is -0.392 e. The van der Waals surface area contributed by atoms with Crippen LogP contribution in [-0.4, -0.2) is 20.1 Å². The molecule has 0 bridgehead atoms. The van der Waals surface area contributed by atoms with E-state index in [0.29, 0.717) is 12.0 Å². The number of nitriles is 1. The third-order valence-electron chi connectivity index (χ3n) is 3.07. The second-order valence-electron chi connectivity index (χ2n) is 4.52. The Bertz CT molecular complexity index is 801. The number of hydrogen-bond donors (Lipinski definition) is 2. The molecule has 0 atom stereocenters. The van der Waals surface area contributed by atoms with Gasteiger partial charge in [-0.3, -0.25) is 4.98 Å². The first-order chi connectivity index (χ1) is 9.78. The molecule has 0 spiro atoms. The fourth-order valence-corrected chi connectivity index (χ4v) is 2.11. The van der Waals surface area contributed by atoms with E-state index in [1.165, 1.54) is 0 Å². The Balaban J connectivity index is 1.92. The fourth-order valence-electron chi connectivity index (χ4n) is 2.11. The number of aromatic nitrogens is 3. The molecule has 0 unspecified atom stereocenters. The van der Waals surface area contributed by atoms with Gasteiger partial charge >= 0.3 is 0 Å². The van der Waals surface area contributed by atoms with Gasteiger partial charge in [-0.2, -0.15) is 5.26 Å². The number of aliphatic hydroxyl groups excluding tert-OH is 1. The van der Waals surface area contributed by atoms with Crippen molar-refractivity contribution in [1.82, 2.24) is 15.0 Å². The van der Waals surface area contributed by atoms with E-state index in [0.717, 1.165) is 28.1 Å². The monoisotopic (exact) mass is 264 g/mol. The van der Waals surface area contributed by atoms with Crippen molar-refractivity contribution in [3.05, 3.63) is 59.2 Å². The summed E-state index contributed by atoms with van der Waals surface area (Å²) in [6, 6.07) is 11.1. The highest BCUT2D eigenvalue weighted by Crippen LogP contribution is 2.15. The minimum atomic E-state index is 0.00117. The smallest absolute Gasteiger partial charge is 0.113 e. The van der Waals surface area contributed by atoms with E-state index in [1.54, 1.807) is 24.4 Å². The molecule has 5 nitrogen and oxygen atoms in total. The number of H-pyrrole nitrogens is 1. The average molecular weight is 264 g/mol. The lowest BCUT2D eigenvalue weighted by molar-refractivity contribution is 0.281. The number of fused-ring (bicyclic) bond motifs is 1. The zero-order chi connectivity index (χ0) is 13.9. The van der Waals surface area contributed by atoms with E-state index < -0.39 is 0 Å². The Morgan fingerprint density at radius 1 is 1.25 bits per heavy atom. The highest BCUT2D eigenvalue weighted by molar-refractivity contribution is 5.76. The first-order valence-corrected chi connectivity index (χ1v) is 6.22. The van der Waals surface area contributed by atoms with Gasteiger partial charge in [0.2, 0.25) is 0 Å².